The molecule has 0 spiro atoms. The fourth-order valence-electron chi connectivity index (χ4n) is 5.29. The molecule has 2 fully saturated rings. The van der Waals surface area contributed by atoms with Crippen LogP contribution in [0.25, 0.3) is 11.1 Å². The minimum Gasteiger partial charge on any atom is -0.481 e. The molecule has 1 N–H and O–H groups in total. The van der Waals surface area contributed by atoms with Crippen molar-refractivity contribution in [3.63, 3.8) is 0 Å². The van der Waals surface area contributed by atoms with E-state index < -0.39 is 17.3 Å². The summed E-state index contributed by atoms with van der Waals surface area (Å²) in [7, 11) is 3.34. The number of rotatable bonds is 7. The molecule has 1 aliphatic carbocycles. The van der Waals surface area contributed by atoms with Gasteiger partial charge < -0.3 is 19.9 Å². The molecular formula is C29H30FN5O3. The number of aromatic nitrogens is 1. The van der Waals surface area contributed by atoms with Crippen LogP contribution >= 0.6 is 0 Å². The number of nitrogens with one attached hydrogen (secondary N) is 1. The van der Waals surface area contributed by atoms with Gasteiger partial charge in [-0.2, -0.15) is 5.26 Å². The Morgan fingerprint density at radius 1 is 1.29 bits per heavy atom. The van der Waals surface area contributed by atoms with Crippen molar-refractivity contribution in [1.82, 2.24) is 20.1 Å². The first-order chi connectivity index (χ1) is 18.3. The Hall–Kier alpha value is -4.19. The molecule has 3 heterocycles. The van der Waals surface area contributed by atoms with Gasteiger partial charge in [-0.15, -0.1) is 0 Å². The number of methoxy groups -OCH3 is 1. The zero-order chi connectivity index (χ0) is 27.0. The third-order valence-electron chi connectivity index (χ3n) is 7.77. The number of carbonyl (C=O) groups excluding carboxylic acids is 2. The van der Waals surface area contributed by atoms with E-state index in [9.17, 15) is 19.2 Å². The summed E-state index contributed by atoms with van der Waals surface area (Å²) in [6, 6.07) is 9.78. The van der Waals surface area contributed by atoms with Gasteiger partial charge in [0.25, 0.3) is 0 Å². The fourth-order valence-corrected chi connectivity index (χ4v) is 5.29. The summed E-state index contributed by atoms with van der Waals surface area (Å²) in [6.07, 6.45) is 7.58. The molecule has 1 aromatic carbocycles. The van der Waals surface area contributed by atoms with Gasteiger partial charge >= 0.3 is 0 Å². The molecule has 2 atom stereocenters. The molecular weight excluding hydrogens is 485 g/mol. The summed E-state index contributed by atoms with van der Waals surface area (Å²) < 4.78 is 19.5. The second-order valence-electron chi connectivity index (χ2n) is 10.2. The Kier molecular flexibility index (Phi) is 6.66. The highest BCUT2D eigenvalue weighted by atomic mass is 19.1. The maximum Gasteiger partial charge on any atom is 0.247 e. The van der Waals surface area contributed by atoms with Gasteiger partial charge in [-0.1, -0.05) is 0 Å². The molecule has 1 saturated carbocycles. The highest BCUT2D eigenvalue weighted by Gasteiger charge is 2.57. The first-order valence-electron chi connectivity index (χ1n) is 12.7. The first kappa shape index (κ1) is 25.5. The predicted molar refractivity (Wildman–Crippen MR) is 139 cm³/mol. The van der Waals surface area contributed by atoms with Gasteiger partial charge in [-0.25, -0.2) is 9.37 Å². The lowest BCUT2D eigenvalue weighted by Gasteiger charge is -2.34. The third-order valence-corrected chi connectivity index (χ3v) is 7.77. The summed E-state index contributed by atoms with van der Waals surface area (Å²) >= 11 is 0. The summed E-state index contributed by atoms with van der Waals surface area (Å²) in [5.41, 5.74) is 2.51. The highest BCUT2D eigenvalue weighted by Crippen LogP contribution is 2.52. The van der Waals surface area contributed by atoms with Crippen molar-refractivity contribution in [2.75, 3.05) is 20.7 Å². The summed E-state index contributed by atoms with van der Waals surface area (Å²) in [6.45, 7) is 2.47. The number of carbonyl (C=O) groups is 2. The van der Waals surface area contributed by atoms with Gasteiger partial charge in [-0.05, 0) is 79.6 Å². The maximum atomic E-state index is 14.4. The highest BCUT2D eigenvalue weighted by molar-refractivity contribution is 5.91. The predicted octanol–water partition coefficient (Wildman–Crippen LogP) is 3.77. The summed E-state index contributed by atoms with van der Waals surface area (Å²) in [5, 5.41) is 12.7. The van der Waals surface area contributed by atoms with Gasteiger partial charge in [0.1, 0.15) is 17.3 Å². The topological polar surface area (TPSA) is 98.6 Å². The van der Waals surface area contributed by atoms with Gasteiger partial charge in [-0.3, -0.25) is 9.59 Å². The van der Waals surface area contributed by atoms with Crippen molar-refractivity contribution in [3.05, 3.63) is 71.5 Å². The van der Waals surface area contributed by atoms with Crippen LogP contribution in [0.1, 0.15) is 31.7 Å². The average Bonchev–Trinajstić information content (AvgIpc) is 3.72. The zero-order valence-electron chi connectivity index (χ0n) is 21.7. The Labute approximate surface area is 221 Å². The van der Waals surface area contributed by atoms with Crippen molar-refractivity contribution in [3.8, 4) is 23.1 Å². The van der Waals surface area contributed by atoms with E-state index in [4.69, 9.17) is 4.74 Å². The number of nitriles is 1. The van der Waals surface area contributed by atoms with Gasteiger partial charge in [0, 0.05) is 49.4 Å². The zero-order valence-corrected chi connectivity index (χ0v) is 21.7. The Bertz CT molecular complexity index is 1380. The van der Waals surface area contributed by atoms with Gasteiger partial charge in [0.15, 0.2) is 0 Å². The number of halogens is 1. The van der Waals surface area contributed by atoms with E-state index in [1.54, 1.807) is 29.3 Å². The van der Waals surface area contributed by atoms with Crippen molar-refractivity contribution >= 4 is 11.8 Å². The summed E-state index contributed by atoms with van der Waals surface area (Å²) in [5.74, 6) is -0.252. The van der Waals surface area contributed by atoms with E-state index in [-0.39, 0.29) is 24.3 Å². The number of likely N-dealkylation sites (tertiary alicyclic amines) is 1. The van der Waals surface area contributed by atoms with E-state index in [0.717, 1.165) is 24.1 Å². The fraction of sp³-hybridized carbons (Fsp3) is 0.379. The lowest BCUT2D eigenvalue weighted by molar-refractivity contribution is -0.133. The lowest BCUT2D eigenvalue weighted by atomic mass is 9.82. The molecule has 9 heteroatoms. The molecule has 3 aliphatic rings. The van der Waals surface area contributed by atoms with Crippen molar-refractivity contribution in [2.45, 2.75) is 38.8 Å². The SMILES string of the molecule is COc1ccc(-c2cc(F)cc(CNC(=O)C3C=C(N4CCC(C#N)(C5CC5)C4=O)C=C(C)N3C)c2)cn1. The molecule has 2 aromatic rings. The molecule has 2 aliphatic heterocycles. The number of allylic oxidation sites excluding steroid dienone is 2. The smallest absolute Gasteiger partial charge is 0.247 e. The van der Waals surface area contributed by atoms with E-state index in [1.165, 1.54) is 19.2 Å². The molecule has 1 aromatic heterocycles. The molecule has 196 valence electrons. The molecule has 0 radical (unpaired) electrons. The van der Waals surface area contributed by atoms with Crippen LogP contribution in [0.5, 0.6) is 5.88 Å². The normalized spacial score (nSPS) is 23.0. The molecule has 8 nitrogen and oxygen atoms in total. The van der Waals surface area contributed by atoms with Crippen LogP contribution in [-0.2, 0) is 16.1 Å². The second kappa shape index (κ2) is 9.93. The van der Waals surface area contributed by atoms with E-state index in [0.29, 0.717) is 35.7 Å². The van der Waals surface area contributed by atoms with Crippen LogP contribution in [0.4, 0.5) is 4.39 Å². The Morgan fingerprint density at radius 2 is 2.08 bits per heavy atom. The maximum absolute atomic E-state index is 14.4. The van der Waals surface area contributed by atoms with E-state index >= 15 is 0 Å². The van der Waals surface area contributed by atoms with Crippen LogP contribution in [0, 0.1) is 28.5 Å². The van der Waals surface area contributed by atoms with Gasteiger partial charge in [0.05, 0.1) is 13.2 Å². The number of hydrogen-bond donors (Lipinski definition) is 1. The second-order valence-corrected chi connectivity index (χ2v) is 10.2. The third kappa shape index (κ3) is 4.62. The first-order valence-corrected chi connectivity index (χ1v) is 12.7. The quantitative estimate of drug-likeness (QED) is 0.603. The standard InChI is InChI=1S/C29H30FN5O3/c1-18-10-24(35-9-8-29(17-31,28(35)37)22-5-6-22)14-25(34(18)2)27(36)33-15-19-11-21(13-23(30)12-19)20-4-7-26(38-3)32-16-20/h4,7,10-14,16,22,25H,5-6,8-9,15H2,1-3H3,(H,33,36). The number of ether oxygens (including phenoxy) is 1. The minimum atomic E-state index is -0.946. The van der Waals surface area contributed by atoms with Crippen LogP contribution < -0.4 is 10.1 Å². The molecule has 2 unspecified atom stereocenters. The molecule has 0 bridgehead atoms. The molecule has 1 saturated heterocycles. The number of pyridine rings is 1. The van der Waals surface area contributed by atoms with Crippen molar-refractivity contribution < 1.29 is 18.7 Å². The van der Waals surface area contributed by atoms with Crippen LogP contribution in [0.3, 0.4) is 0 Å². The molecule has 38 heavy (non-hydrogen) atoms. The molecule has 5 rings (SSSR count). The van der Waals surface area contributed by atoms with Crippen LogP contribution in [-0.4, -0.2) is 53.3 Å². The number of nitrogens with zero attached hydrogens (tertiary/aromatic N) is 4. The molecule has 2 amide bonds. The van der Waals surface area contributed by atoms with Gasteiger partial charge in [0.2, 0.25) is 17.7 Å². The summed E-state index contributed by atoms with van der Waals surface area (Å²) in [4.78, 5) is 34.2. The lowest BCUT2D eigenvalue weighted by Crippen LogP contribution is -2.46. The number of likely N-dealkylation sites (N-methyl/N-ethyl adjacent to an activating group) is 1. The van der Waals surface area contributed by atoms with Crippen LogP contribution in [0.15, 0.2) is 60.1 Å². The number of amides is 2. The average molecular weight is 516 g/mol. The largest absolute Gasteiger partial charge is 0.481 e. The van der Waals surface area contributed by atoms with Crippen LogP contribution in [0.2, 0.25) is 0 Å². The Balaban J connectivity index is 1.31. The van der Waals surface area contributed by atoms with E-state index in [2.05, 4.69) is 16.4 Å². The number of benzene rings is 1. The van der Waals surface area contributed by atoms with Crippen molar-refractivity contribution in [1.29, 1.82) is 5.26 Å². The minimum absolute atomic E-state index is 0.130. The monoisotopic (exact) mass is 515 g/mol. The number of hydrogen-bond acceptors (Lipinski definition) is 6. The van der Waals surface area contributed by atoms with E-state index in [1.807, 2.05) is 31.0 Å². The van der Waals surface area contributed by atoms with Crippen molar-refractivity contribution in [2.24, 2.45) is 11.3 Å². The Morgan fingerprint density at radius 3 is 2.74 bits per heavy atom.